The minimum Gasteiger partial charge on any atom is -0.254 e. The van der Waals surface area contributed by atoms with E-state index in [-0.39, 0.29) is 0 Å². The van der Waals surface area contributed by atoms with Gasteiger partial charge in [-0.25, -0.2) is 4.98 Å². The molecule has 0 radical (unpaired) electrons. The van der Waals surface area contributed by atoms with Gasteiger partial charge in [0.1, 0.15) is 0 Å². The number of nitrogens with zero attached hydrogens (tertiary/aromatic N) is 2. The van der Waals surface area contributed by atoms with Gasteiger partial charge in [0.2, 0.25) is 0 Å². The van der Waals surface area contributed by atoms with Gasteiger partial charge in [0.15, 0.2) is 0 Å². The first-order valence-electron chi connectivity index (χ1n) is 14.2. The number of benzene rings is 5. The molecule has 2 heteroatoms. The predicted octanol–water partition coefficient (Wildman–Crippen LogP) is 10.5. The highest BCUT2D eigenvalue weighted by Gasteiger charge is 2.26. The van der Waals surface area contributed by atoms with Crippen molar-refractivity contribution in [2.75, 3.05) is 0 Å². The molecule has 0 aliphatic rings. The Bertz CT molecular complexity index is 1930. The van der Waals surface area contributed by atoms with Crippen LogP contribution in [0.15, 0.2) is 170 Å². The Balaban J connectivity index is 1.69. The number of hydrogen-bond donors (Lipinski definition) is 0. The summed E-state index contributed by atoms with van der Waals surface area (Å²) in [6.07, 6.45) is 1.87. The number of hydrogen-bond acceptors (Lipinski definition) is 2. The molecule has 0 atom stereocenters. The van der Waals surface area contributed by atoms with E-state index in [9.17, 15) is 0 Å². The standard InChI is InChI=1S/C40H28N2/c1-6-17-29(18-7-1)34-27-16-28-41-39(34)40-37(32-23-12-4-13-24-32)35(30-19-8-2-9-20-30)36(31-21-10-3-11-22-31)38(42-40)33-25-14-5-15-26-33/h1-28H. The van der Waals surface area contributed by atoms with Crippen molar-refractivity contribution in [3.63, 3.8) is 0 Å². The summed E-state index contributed by atoms with van der Waals surface area (Å²) >= 11 is 0. The molecule has 0 saturated carbocycles. The van der Waals surface area contributed by atoms with E-state index in [0.717, 1.165) is 67.2 Å². The average molecular weight is 537 g/mol. The summed E-state index contributed by atoms with van der Waals surface area (Å²) in [7, 11) is 0. The molecule has 198 valence electrons. The summed E-state index contributed by atoms with van der Waals surface area (Å²) in [5.74, 6) is 0. The highest BCUT2D eigenvalue weighted by atomic mass is 14.8. The average Bonchev–Trinajstić information content (AvgIpc) is 3.09. The van der Waals surface area contributed by atoms with Crippen LogP contribution >= 0.6 is 0 Å². The zero-order chi connectivity index (χ0) is 28.1. The number of rotatable bonds is 6. The summed E-state index contributed by atoms with van der Waals surface area (Å²) in [5.41, 5.74) is 12.5. The summed E-state index contributed by atoms with van der Waals surface area (Å²) in [6, 6.07) is 57.0. The second-order valence-electron chi connectivity index (χ2n) is 10.2. The quantitative estimate of drug-likeness (QED) is 0.211. The van der Waals surface area contributed by atoms with Crippen molar-refractivity contribution < 1.29 is 0 Å². The lowest BCUT2D eigenvalue weighted by atomic mass is 9.83. The minimum atomic E-state index is 0.858. The van der Waals surface area contributed by atoms with Crippen molar-refractivity contribution in [1.29, 1.82) is 0 Å². The molecule has 2 nitrogen and oxygen atoms in total. The molecule has 7 aromatic rings. The van der Waals surface area contributed by atoms with E-state index in [0.29, 0.717) is 0 Å². The fourth-order valence-corrected chi connectivity index (χ4v) is 5.67. The van der Waals surface area contributed by atoms with Crippen LogP contribution < -0.4 is 0 Å². The maximum absolute atomic E-state index is 5.58. The minimum absolute atomic E-state index is 0.858. The highest BCUT2D eigenvalue weighted by molar-refractivity contribution is 6.05. The molecular weight excluding hydrogens is 508 g/mol. The monoisotopic (exact) mass is 536 g/mol. The van der Waals surface area contributed by atoms with Gasteiger partial charge in [-0.1, -0.05) is 158 Å². The molecule has 0 N–H and O–H groups in total. The summed E-state index contributed by atoms with van der Waals surface area (Å²) in [4.78, 5) is 10.6. The molecule has 0 aliphatic heterocycles. The zero-order valence-electron chi connectivity index (χ0n) is 23.1. The molecule has 2 heterocycles. The van der Waals surface area contributed by atoms with Gasteiger partial charge in [-0.3, -0.25) is 4.98 Å². The molecule has 0 spiro atoms. The molecular formula is C40H28N2. The SMILES string of the molecule is c1ccc(-c2cccnc2-c2nc(-c3ccccc3)c(-c3ccccc3)c(-c3ccccc3)c2-c2ccccc2)cc1. The van der Waals surface area contributed by atoms with Crippen LogP contribution in [0, 0.1) is 0 Å². The molecule has 0 amide bonds. The first-order chi connectivity index (χ1) is 20.9. The molecule has 42 heavy (non-hydrogen) atoms. The lowest BCUT2D eigenvalue weighted by Gasteiger charge is -2.23. The van der Waals surface area contributed by atoms with Gasteiger partial charge < -0.3 is 0 Å². The van der Waals surface area contributed by atoms with Gasteiger partial charge in [-0.2, -0.15) is 0 Å². The summed E-state index contributed by atoms with van der Waals surface area (Å²) in [5, 5.41) is 0. The van der Waals surface area contributed by atoms with E-state index in [4.69, 9.17) is 9.97 Å². The van der Waals surface area contributed by atoms with Crippen LogP contribution in [0.5, 0.6) is 0 Å². The van der Waals surface area contributed by atoms with E-state index in [1.165, 1.54) is 0 Å². The normalized spacial score (nSPS) is 10.9. The summed E-state index contributed by atoms with van der Waals surface area (Å²) in [6.45, 7) is 0. The Morgan fingerprint density at radius 3 is 1.19 bits per heavy atom. The van der Waals surface area contributed by atoms with Gasteiger partial charge in [0, 0.05) is 34.0 Å². The Kier molecular flexibility index (Phi) is 6.94. The Morgan fingerprint density at radius 2 is 0.690 bits per heavy atom. The molecule has 0 saturated heterocycles. The third-order valence-electron chi connectivity index (χ3n) is 7.55. The van der Waals surface area contributed by atoms with Crippen molar-refractivity contribution >= 4 is 0 Å². The van der Waals surface area contributed by atoms with E-state index in [2.05, 4.69) is 152 Å². The van der Waals surface area contributed by atoms with Crippen molar-refractivity contribution in [3.8, 4) is 67.2 Å². The first kappa shape index (κ1) is 25.4. The maximum atomic E-state index is 5.58. The van der Waals surface area contributed by atoms with Crippen LogP contribution in [-0.2, 0) is 0 Å². The largest absolute Gasteiger partial charge is 0.254 e. The van der Waals surface area contributed by atoms with Gasteiger partial charge in [-0.05, 0) is 28.3 Å². The highest BCUT2D eigenvalue weighted by Crippen LogP contribution is 2.49. The fourth-order valence-electron chi connectivity index (χ4n) is 5.67. The molecule has 7 rings (SSSR count). The van der Waals surface area contributed by atoms with Crippen LogP contribution in [0.25, 0.3) is 67.2 Å². The maximum Gasteiger partial charge on any atom is 0.0985 e. The molecule has 0 fully saturated rings. The van der Waals surface area contributed by atoms with Gasteiger partial charge in [0.05, 0.1) is 17.1 Å². The Labute approximate surface area is 246 Å². The third kappa shape index (κ3) is 4.80. The molecule has 2 aromatic heterocycles. The van der Waals surface area contributed by atoms with Crippen molar-refractivity contribution in [2.45, 2.75) is 0 Å². The van der Waals surface area contributed by atoms with Gasteiger partial charge in [-0.15, -0.1) is 0 Å². The van der Waals surface area contributed by atoms with Crippen LogP contribution in [-0.4, -0.2) is 9.97 Å². The topological polar surface area (TPSA) is 25.8 Å². The molecule has 0 aliphatic carbocycles. The zero-order valence-corrected chi connectivity index (χ0v) is 23.1. The number of aromatic nitrogens is 2. The molecule has 0 bridgehead atoms. The summed E-state index contributed by atoms with van der Waals surface area (Å²) < 4.78 is 0. The smallest absolute Gasteiger partial charge is 0.0985 e. The molecule has 5 aromatic carbocycles. The van der Waals surface area contributed by atoms with Crippen molar-refractivity contribution in [1.82, 2.24) is 9.97 Å². The second-order valence-corrected chi connectivity index (χ2v) is 10.2. The van der Waals surface area contributed by atoms with E-state index in [1.54, 1.807) is 0 Å². The van der Waals surface area contributed by atoms with Crippen molar-refractivity contribution in [3.05, 3.63) is 170 Å². The van der Waals surface area contributed by atoms with Gasteiger partial charge in [0.25, 0.3) is 0 Å². The van der Waals surface area contributed by atoms with Crippen LogP contribution in [0.3, 0.4) is 0 Å². The van der Waals surface area contributed by atoms with Crippen LogP contribution in [0.2, 0.25) is 0 Å². The molecule has 0 unspecified atom stereocenters. The van der Waals surface area contributed by atoms with E-state index < -0.39 is 0 Å². The lowest BCUT2D eigenvalue weighted by Crippen LogP contribution is -2.03. The van der Waals surface area contributed by atoms with Gasteiger partial charge >= 0.3 is 0 Å². The van der Waals surface area contributed by atoms with Crippen molar-refractivity contribution in [2.24, 2.45) is 0 Å². The fraction of sp³-hybridized carbons (Fsp3) is 0. The second kappa shape index (κ2) is 11.5. The lowest BCUT2D eigenvalue weighted by molar-refractivity contribution is 1.25. The third-order valence-corrected chi connectivity index (χ3v) is 7.55. The predicted molar refractivity (Wildman–Crippen MR) is 175 cm³/mol. The Morgan fingerprint density at radius 1 is 0.286 bits per heavy atom. The van der Waals surface area contributed by atoms with E-state index >= 15 is 0 Å². The number of pyridine rings is 2. The first-order valence-corrected chi connectivity index (χ1v) is 14.2. The van der Waals surface area contributed by atoms with Crippen LogP contribution in [0.4, 0.5) is 0 Å². The van der Waals surface area contributed by atoms with Crippen LogP contribution in [0.1, 0.15) is 0 Å². The Hall–Kier alpha value is -5.60. The van der Waals surface area contributed by atoms with E-state index in [1.807, 2.05) is 18.3 Å².